The summed E-state index contributed by atoms with van der Waals surface area (Å²) < 4.78 is 26.3. The molecule has 5 nitrogen and oxygen atoms in total. The Bertz CT molecular complexity index is 835. The monoisotopic (exact) mass is 398 g/mol. The van der Waals surface area contributed by atoms with E-state index in [1.165, 1.54) is 31.3 Å². The fourth-order valence-corrected chi connectivity index (χ4v) is 5.11. The van der Waals surface area contributed by atoms with Crippen molar-refractivity contribution in [2.75, 3.05) is 20.1 Å². The van der Waals surface area contributed by atoms with Gasteiger partial charge >= 0.3 is 0 Å². The van der Waals surface area contributed by atoms with Crippen molar-refractivity contribution in [1.82, 2.24) is 9.21 Å². The maximum absolute atomic E-state index is 12.7. The number of sulfonamides is 1. The highest BCUT2D eigenvalue weighted by atomic mass is 35.5. The van der Waals surface area contributed by atoms with Gasteiger partial charge in [0, 0.05) is 23.5 Å². The van der Waals surface area contributed by atoms with Crippen LogP contribution in [0.3, 0.4) is 0 Å². The average molecular weight is 399 g/mol. The second kappa shape index (κ2) is 7.45. The first kappa shape index (κ1) is 18.4. The van der Waals surface area contributed by atoms with Gasteiger partial charge in [0.2, 0.25) is 15.9 Å². The van der Waals surface area contributed by atoms with E-state index in [-0.39, 0.29) is 23.4 Å². The van der Waals surface area contributed by atoms with E-state index in [0.29, 0.717) is 11.6 Å². The number of hydrogen-bond acceptors (Lipinski definition) is 4. The zero-order valence-electron chi connectivity index (χ0n) is 13.8. The molecule has 1 unspecified atom stereocenters. The molecule has 0 radical (unpaired) electrons. The quantitative estimate of drug-likeness (QED) is 0.775. The molecule has 1 aliphatic rings. The van der Waals surface area contributed by atoms with Crippen LogP contribution < -0.4 is 0 Å². The van der Waals surface area contributed by atoms with Gasteiger partial charge in [-0.05, 0) is 48.6 Å². The second-order valence-corrected chi connectivity index (χ2v) is 9.44. The normalized spacial score (nSPS) is 18.0. The Morgan fingerprint density at radius 3 is 2.68 bits per heavy atom. The molecule has 0 spiro atoms. The summed E-state index contributed by atoms with van der Waals surface area (Å²) in [6.45, 7) is 0.489. The Kier molecular flexibility index (Phi) is 5.48. The van der Waals surface area contributed by atoms with Crippen LogP contribution in [0, 0.1) is 0 Å². The zero-order chi connectivity index (χ0) is 18.0. The number of carbonyl (C=O) groups excluding carboxylic acids is 1. The Balaban J connectivity index is 1.72. The van der Waals surface area contributed by atoms with E-state index in [4.69, 9.17) is 11.6 Å². The van der Waals surface area contributed by atoms with Gasteiger partial charge in [0.05, 0.1) is 17.5 Å². The first-order chi connectivity index (χ1) is 11.9. The molecule has 0 aliphatic carbocycles. The Hall–Kier alpha value is -1.41. The smallest absolute Gasteiger partial charge is 0.243 e. The second-order valence-electron chi connectivity index (χ2n) is 5.98. The topological polar surface area (TPSA) is 57.7 Å². The van der Waals surface area contributed by atoms with Gasteiger partial charge in [-0.1, -0.05) is 17.7 Å². The molecule has 8 heteroatoms. The average Bonchev–Trinajstić information content (AvgIpc) is 3.26. The number of likely N-dealkylation sites (N-methyl/N-ethyl adjacent to an activating group) is 1. The SMILES string of the molecule is CN(CC(=O)N1CCCC1c1cccs1)S(=O)(=O)c1ccc(Cl)cc1. The van der Waals surface area contributed by atoms with Crippen molar-refractivity contribution in [1.29, 1.82) is 0 Å². The van der Waals surface area contributed by atoms with E-state index in [2.05, 4.69) is 0 Å². The van der Waals surface area contributed by atoms with E-state index >= 15 is 0 Å². The van der Waals surface area contributed by atoms with Crippen molar-refractivity contribution in [3.05, 3.63) is 51.7 Å². The van der Waals surface area contributed by atoms with Gasteiger partial charge in [0.25, 0.3) is 0 Å². The molecule has 1 fully saturated rings. The fourth-order valence-electron chi connectivity index (χ4n) is 2.99. The van der Waals surface area contributed by atoms with Crippen LogP contribution in [0.1, 0.15) is 23.8 Å². The van der Waals surface area contributed by atoms with Crippen molar-refractivity contribution in [3.8, 4) is 0 Å². The summed E-state index contributed by atoms with van der Waals surface area (Å²) in [6, 6.07) is 9.99. The number of carbonyl (C=O) groups is 1. The van der Waals surface area contributed by atoms with Crippen LogP contribution in [0.4, 0.5) is 0 Å². The first-order valence-corrected chi connectivity index (χ1v) is 10.6. The van der Waals surface area contributed by atoms with Crippen LogP contribution in [0.15, 0.2) is 46.7 Å². The van der Waals surface area contributed by atoms with Crippen molar-refractivity contribution >= 4 is 38.9 Å². The number of benzene rings is 1. The standard InChI is InChI=1S/C17H19ClN2O3S2/c1-19(25(22,23)14-8-6-13(18)7-9-14)12-17(21)20-10-2-4-15(20)16-5-3-11-24-16/h3,5-9,11,15H,2,4,10,12H2,1H3. The Morgan fingerprint density at radius 1 is 1.32 bits per heavy atom. The summed E-state index contributed by atoms with van der Waals surface area (Å²) in [5, 5.41) is 2.46. The summed E-state index contributed by atoms with van der Waals surface area (Å²) in [5.74, 6) is -0.170. The predicted molar refractivity (Wildman–Crippen MR) is 99.3 cm³/mol. The summed E-state index contributed by atoms with van der Waals surface area (Å²) in [6.07, 6.45) is 1.85. The maximum atomic E-state index is 12.7. The number of likely N-dealkylation sites (tertiary alicyclic amines) is 1. The molecule has 3 rings (SSSR count). The molecule has 1 atom stereocenters. The van der Waals surface area contributed by atoms with Crippen LogP contribution in [0.25, 0.3) is 0 Å². The molecule has 2 heterocycles. The zero-order valence-corrected chi connectivity index (χ0v) is 16.1. The lowest BCUT2D eigenvalue weighted by Gasteiger charge is -2.26. The van der Waals surface area contributed by atoms with E-state index < -0.39 is 10.0 Å². The summed E-state index contributed by atoms with van der Waals surface area (Å²) in [5.41, 5.74) is 0. The molecule has 134 valence electrons. The minimum atomic E-state index is -3.72. The lowest BCUT2D eigenvalue weighted by atomic mass is 10.2. The molecule has 1 aliphatic heterocycles. The van der Waals surface area contributed by atoms with Crippen LogP contribution in [-0.4, -0.2) is 43.7 Å². The van der Waals surface area contributed by atoms with Gasteiger partial charge in [0.15, 0.2) is 0 Å². The van der Waals surface area contributed by atoms with Crippen molar-refractivity contribution < 1.29 is 13.2 Å². The third-order valence-electron chi connectivity index (χ3n) is 4.32. The van der Waals surface area contributed by atoms with Crippen LogP contribution >= 0.6 is 22.9 Å². The maximum Gasteiger partial charge on any atom is 0.243 e. The molecular formula is C17H19ClN2O3S2. The first-order valence-electron chi connectivity index (χ1n) is 7.94. The molecule has 1 saturated heterocycles. The van der Waals surface area contributed by atoms with Crippen LogP contribution in [0.5, 0.6) is 0 Å². The van der Waals surface area contributed by atoms with Crippen LogP contribution in [0.2, 0.25) is 5.02 Å². The van der Waals surface area contributed by atoms with Gasteiger partial charge in [-0.25, -0.2) is 8.42 Å². The number of halogens is 1. The molecule has 0 saturated carbocycles. The minimum absolute atomic E-state index is 0.0548. The molecular weight excluding hydrogens is 380 g/mol. The molecule has 1 aromatic heterocycles. The highest BCUT2D eigenvalue weighted by Crippen LogP contribution is 2.34. The molecule has 0 bridgehead atoms. The number of thiophene rings is 1. The van der Waals surface area contributed by atoms with Crippen molar-refractivity contribution in [3.63, 3.8) is 0 Å². The van der Waals surface area contributed by atoms with E-state index in [9.17, 15) is 13.2 Å². The van der Waals surface area contributed by atoms with Crippen LogP contribution in [-0.2, 0) is 14.8 Å². The molecule has 25 heavy (non-hydrogen) atoms. The van der Waals surface area contributed by atoms with E-state index in [1.54, 1.807) is 16.2 Å². The summed E-state index contributed by atoms with van der Waals surface area (Å²) in [4.78, 5) is 15.8. The van der Waals surface area contributed by atoms with Gasteiger partial charge in [-0.15, -0.1) is 11.3 Å². The fraction of sp³-hybridized carbons (Fsp3) is 0.353. The number of nitrogens with zero attached hydrogens (tertiary/aromatic N) is 2. The van der Waals surface area contributed by atoms with E-state index in [0.717, 1.165) is 22.0 Å². The van der Waals surface area contributed by atoms with Crippen molar-refractivity contribution in [2.24, 2.45) is 0 Å². The third kappa shape index (κ3) is 3.89. The minimum Gasteiger partial charge on any atom is -0.334 e. The van der Waals surface area contributed by atoms with Gasteiger partial charge in [0.1, 0.15) is 0 Å². The van der Waals surface area contributed by atoms with Gasteiger partial charge in [-0.2, -0.15) is 4.31 Å². The Labute approximate surface area is 156 Å². The number of hydrogen-bond donors (Lipinski definition) is 0. The Morgan fingerprint density at radius 2 is 2.04 bits per heavy atom. The van der Waals surface area contributed by atoms with Crippen molar-refractivity contribution in [2.45, 2.75) is 23.8 Å². The highest BCUT2D eigenvalue weighted by molar-refractivity contribution is 7.89. The molecule has 2 aromatic rings. The highest BCUT2D eigenvalue weighted by Gasteiger charge is 2.32. The van der Waals surface area contributed by atoms with Gasteiger partial charge in [-0.3, -0.25) is 4.79 Å². The number of amides is 1. The largest absolute Gasteiger partial charge is 0.334 e. The lowest BCUT2D eigenvalue weighted by Crippen LogP contribution is -2.40. The van der Waals surface area contributed by atoms with E-state index in [1.807, 2.05) is 17.5 Å². The lowest BCUT2D eigenvalue weighted by molar-refractivity contribution is -0.132. The molecule has 1 aromatic carbocycles. The molecule has 1 amide bonds. The molecule has 0 N–H and O–H groups in total. The number of rotatable bonds is 5. The third-order valence-corrected chi connectivity index (χ3v) is 7.37. The predicted octanol–water partition coefficient (Wildman–Crippen LogP) is 3.39. The van der Waals surface area contributed by atoms with Gasteiger partial charge < -0.3 is 4.90 Å². The summed E-state index contributed by atoms with van der Waals surface area (Å²) in [7, 11) is -2.29. The summed E-state index contributed by atoms with van der Waals surface area (Å²) >= 11 is 7.43.